The van der Waals surface area contributed by atoms with E-state index in [4.69, 9.17) is 0 Å². The van der Waals surface area contributed by atoms with Gasteiger partial charge < -0.3 is 10.6 Å². The van der Waals surface area contributed by atoms with Gasteiger partial charge in [0.15, 0.2) is 0 Å². The van der Waals surface area contributed by atoms with Crippen molar-refractivity contribution in [3.8, 4) is 0 Å². The molecule has 28 heavy (non-hydrogen) atoms. The van der Waals surface area contributed by atoms with Gasteiger partial charge in [-0.05, 0) is 55.7 Å². The minimum atomic E-state index is -0.337. The monoisotopic (exact) mass is 383 g/mol. The first-order valence-corrected chi connectivity index (χ1v) is 9.55. The Morgan fingerprint density at radius 1 is 1.18 bits per heavy atom. The quantitative estimate of drug-likeness (QED) is 0.700. The highest BCUT2D eigenvalue weighted by atomic mass is 16.2. The van der Waals surface area contributed by atoms with E-state index in [9.17, 15) is 14.4 Å². The summed E-state index contributed by atoms with van der Waals surface area (Å²) in [6.07, 6.45) is 5.59. The Morgan fingerprint density at radius 3 is 2.57 bits per heavy atom. The maximum absolute atomic E-state index is 12.1. The van der Waals surface area contributed by atoms with Gasteiger partial charge >= 0.3 is 0 Å². The Labute approximate surface area is 163 Å². The van der Waals surface area contributed by atoms with Gasteiger partial charge in [0.25, 0.3) is 11.5 Å². The number of aromatic nitrogens is 3. The lowest BCUT2D eigenvalue weighted by molar-refractivity contribution is -0.120. The van der Waals surface area contributed by atoms with Crippen LogP contribution in [0.25, 0.3) is 0 Å². The molecule has 2 aromatic heterocycles. The molecule has 1 aliphatic rings. The van der Waals surface area contributed by atoms with Gasteiger partial charge in [-0.3, -0.25) is 19.4 Å². The standard InChI is InChI=1S/C20H25N5O3/c1-13(26)23-19(16-4-2-3-11-21-16)15-7-5-14(6-8-15)12-22-20(28)17-9-10-18(27)25-24-17/h2-4,9-11,14-15,19H,5-8,12H2,1H3,(H,22,28)(H,23,26)(H,25,27)/t14?,15?,19-/m0/s1. The second-order valence-corrected chi connectivity index (χ2v) is 7.23. The minimum Gasteiger partial charge on any atom is -0.350 e. The molecule has 8 heteroatoms. The van der Waals surface area contributed by atoms with Crippen LogP contribution in [-0.4, -0.2) is 33.5 Å². The van der Waals surface area contributed by atoms with Crippen molar-refractivity contribution >= 4 is 11.8 Å². The topological polar surface area (TPSA) is 117 Å². The summed E-state index contributed by atoms with van der Waals surface area (Å²) in [5, 5.41) is 11.9. The summed E-state index contributed by atoms with van der Waals surface area (Å²) in [4.78, 5) is 39.2. The molecule has 0 bridgehead atoms. The number of nitrogens with one attached hydrogen (secondary N) is 3. The number of nitrogens with zero attached hydrogens (tertiary/aromatic N) is 2. The van der Waals surface area contributed by atoms with E-state index in [0.717, 1.165) is 31.4 Å². The van der Waals surface area contributed by atoms with Gasteiger partial charge in [-0.15, -0.1) is 0 Å². The first-order valence-electron chi connectivity index (χ1n) is 9.55. The predicted octanol–water partition coefficient (Wildman–Crippen LogP) is 1.58. The third-order valence-electron chi connectivity index (χ3n) is 5.19. The molecule has 3 N–H and O–H groups in total. The fourth-order valence-corrected chi connectivity index (χ4v) is 3.74. The lowest BCUT2D eigenvalue weighted by atomic mass is 9.77. The molecule has 1 atom stereocenters. The van der Waals surface area contributed by atoms with Crippen molar-refractivity contribution in [1.82, 2.24) is 25.8 Å². The van der Waals surface area contributed by atoms with Gasteiger partial charge in [0.1, 0.15) is 5.69 Å². The second-order valence-electron chi connectivity index (χ2n) is 7.23. The van der Waals surface area contributed by atoms with Crippen molar-refractivity contribution in [2.45, 2.75) is 38.6 Å². The molecule has 3 rings (SSSR count). The van der Waals surface area contributed by atoms with E-state index in [1.54, 1.807) is 6.20 Å². The van der Waals surface area contributed by atoms with E-state index < -0.39 is 0 Å². The van der Waals surface area contributed by atoms with Crippen LogP contribution in [0.5, 0.6) is 0 Å². The molecule has 0 saturated heterocycles. The molecule has 2 heterocycles. The van der Waals surface area contributed by atoms with Crippen LogP contribution in [0.1, 0.15) is 54.8 Å². The van der Waals surface area contributed by atoms with Crippen molar-refractivity contribution in [3.63, 3.8) is 0 Å². The SMILES string of the molecule is CC(=O)N[C@H](c1ccccn1)C1CCC(CNC(=O)c2ccc(=O)[nH]n2)CC1. The van der Waals surface area contributed by atoms with Gasteiger partial charge in [-0.1, -0.05) is 6.07 Å². The molecule has 0 spiro atoms. The molecule has 2 amide bonds. The highest BCUT2D eigenvalue weighted by molar-refractivity contribution is 5.91. The van der Waals surface area contributed by atoms with Crippen LogP contribution in [0, 0.1) is 11.8 Å². The zero-order valence-corrected chi connectivity index (χ0v) is 15.9. The maximum atomic E-state index is 12.1. The molecule has 148 valence electrons. The Morgan fingerprint density at radius 2 is 1.96 bits per heavy atom. The first-order chi connectivity index (χ1) is 13.5. The first kappa shape index (κ1) is 19.7. The van der Waals surface area contributed by atoms with Gasteiger partial charge in [0.05, 0.1) is 11.7 Å². The number of H-pyrrole nitrogens is 1. The zero-order chi connectivity index (χ0) is 19.9. The molecule has 2 aromatic rings. The van der Waals surface area contributed by atoms with E-state index in [1.165, 1.54) is 19.1 Å². The lowest BCUT2D eigenvalue weighted by Crippen LogP contribution is -2.36. The highest BCUT2D eigenvalue weighted by Crippen LogP contribution is 2.36. The van der Waals surface area contributed by atoms with Crippen molar-refractivity contribution in [1.29, 1.82) is 0 Å². The molecule has 0 aromatic carbocycles. The predicted molar refractivity (Wildman–Crippen MR) is 103 cm³/mol. The number of carbonyl (C=O) groups is 2. The summed E-state index contributed by atoms with van der Waals surface area (Å²) >= 11 is 0. The molecule has 0 radical (unpaired) electrons. The number of hydrogen-bond donors (Lipinski definition) is 3. The Kier molecular flexibility index (Phi) is 6.52. The Balaban J connectivity index is 1.52. The van der Waals surface area contributed by atoms with Gasteiger partial charge in [0, 0.05) is 25.7 Å². The number of aromatic amines is 1. The average Bonchev–Trinajstić information content (AvgIpc) is 2.72. The normalized spacial score (nSPS) is 20.2. The molecule has 0 unspecified atom stereocenters. The van der Waals surface area contributed by atoms with Crippen molar-refractivity contribution in [3.05, 3.63) is 58.3 Å². The molecule has 0 aliphatic heterocycles. The number of hydrogen-bond acceptors (Lipinski definition) is 5. The van der Waals surface area contributed by atoms with Crippen LogP contribution in [0.4, 0.5) is 0 Å². The molecular formula is C20H25N5O3. The molecule has 1 aliphatic carbocycles. The molecule has 8 nitrogen and oxygen atoms in total. The number of amides is 2. The minimum absolute atomic E-state index is 0.0570. The van der Waals surface area contributed by atoms with Crippen molar-refractivity contribution < 1.29 is 9.59 Å². The van der Waals surface area contributed by atoms with E-state index >= 15 is 0 Å². The maximum Gasteiger partial charge on any atom is 0.271 e. The number of rotatable bonds is 6. The van der Waals surface area contributed by atoms with Crippen LogP contribution in [0.15, 0.2) is 41.3 Å². The third kappa shape index (κ3) is 5.25. The lowest BCUT2D eigenvalue weighted by Gasteiger charge is -2.34. The smallest absolute Gasteiger partial charge is 0.271 e. The van der Waals surface area contributed by atoms with E-state index in [2.05, 4.69) is 25.8 Å². The van der Waals surface area contributed by atoms with Crippen LogP contribution in [-0.2, 0) is 4.79 Å². The summed E-state index contributed by atoms with van der Waals surface area (Å²) < 4.78 is 0. The summed E-state index contributed by atoms with van der Waals surface area (Å²) in [6.45, 7) is 2.10. The van der Waals surface area contributed by atoms with Crippen LogP contribution < -0.4 is 16.2 Å². The average molecular weight is 383 g/mol. The van der Waals surface area contributed by atoms with Crippen LogP contribution >= 0.6 is 0 Å². The Hall–Kier alpha value is -3.03. The summed E-state index contributed by atoms with van der Waals surface area (Å²) in [5.41, 5.74) is 0.754. The summed E-state index contributed by atoms with van der Waals surface area (Å²) in [6, 6.07) is 8.36. The van der Waals surface area contributed by atoms with Gasteiger partial charge in [-0.25, -0.2) is 5.10 Å². The number of pyridine rings is 1. The molecular weight excluding hydrogens is 358 g/mol. The summed E-state index contributed by atoms with van der Waals surface area (Å²) in [7, 11) is 0. The van der Waals surface area contributed by atoms with Crippen molar-refractivity contribution in [2.24, 2.45) is 11.8 Å². The molecule has 1 fully saturated rings. The highest BCUT2D eigenvalue weighted by Gasteiger charge is 2.30. The van der Waals surface area contributed by atoms with E-state index in [-0.39, 0.29) is 29.1 Å². The van der Waals surface area contributed by atoms with E-state index in [0.29, 0.717) is 18.4 Å². The third-order valence-corrected chi connectivity index (χ3v) is 5.19. The van der Waals surface area contributed by atoms with Gasteiger partial charge in [-0.2, -0.15) is 5.10 Å². The van der Waals surface area contributed by atoms with E-state index in [1.807, 2.05) is 18.2 Å². The van der Waals surface area contributed by atoms with Crippen molar-refractivity contribution in [2.75, 3.05) is 6.54 Å². The largest absolute Gasteiger partial charge is 0.350 e. The Bertz CT molecular complexity index is 839. The van der Waals surface area contributed by atoms with Gasteiger partial charge in [0.2, 0.25) is 5.91 Å². The zero-order valence-electron chi connectivity index (χ0n) is 15.9. The fraction of sp³-hybridized carbons (Fsp3) is 0.450. The fourth-order valence-electron chi connectivity index (χ4n) is 3.74. The van der Waals surface area contributed by atoms with Crippen LogP contribution in [0.3, 0.4) is 0 Å². The summed E-state index contributed by atoms with van der Waals surface area (Å²) in [5.74, 6) is 0.359. The molecule has 1 saturated carbocycles. The van der Waals surface area contributed by atoms with Crippen LogP contribution in [0.2, 0.25) is 0 Å². The second kappa shape index (κ2) is 9.25. The number of carbonyl (C=O) groups excluding carboxylic acids is 2.